The summed E-state index contributed by atoms with van der Waals surface area (Å²) in [4.78, 5) is 0. The molecular weight excluding hydrogens is 203 g/mol. The summed E-state index contributed by atoms with van der Waals surface area (Å²) >= 11 is 0. The molecule has 0 aliphatic rings. The van der Waals surface area contributed by atoms with Crippen LogP contribution in [0.3, 0.4) is 0 Å². The SMILES string of the molecule is CC(c1ccccc1)c1ccccc1.[2H]C.[B]C. The van der Waals surface area contributed by atoms with E-state index in [1.54, 1.807) is 0 Å². The molecule has 0 fully saturated rings. The Morgan fingerprint density at radius 3 is 1.41 bits per heavy atom. The van der Waals surface area contributed by atoms with Crippen LogP contribution in [-0.4, -0.2) is 7.85 Å². The Labute approximate surface area is 109 Å². The standard InChI is InChI=1S/C14H14.CH3B.CH4/c1-12(13-8-4-2-5-9-13)14-10-6-3-7-11-14;1-2;/h2-12H,1H3;1H3;1H4/i;;1D. The fraction of sp³-hybridized carbons (Fsp3) is 0.250. The molecule has 0 aliphatic carbocycles. The molecular formula is C16H21B. The molecule has 0 N–H and O–H groups in total. The molecule has 1 heteroatoms. The highest BCUT2D eigenvalue weighted by Crippen LogP contribution is 2.22. The highest BCUT2D eigenvalue weighted by atomic mass is 14.1. The zero-order chi connectivity index (χ0) is 13.8. The quantitative estimate of drug-likeness (QED) is 0.651. The average Bonchev–Trinajstić information content (AvgIpc) is 2.52. The summed E-state index contributed by atoms with van der Waals surface area (Å²) in [5.41, 5.74) is 2.75. The van der Waals surface area contributed by atoms with E-state index in [9.17, 15) is 0 Å². The predicted octanol–water partition coefficient (Wildman–Crippen LogP) is 4.68. The molecule has 0 aromatic heterocycles. The second kappa shape index (κ2) is 8.63. The van der Waals surface area contributed by atoms with Crippen LogP contribution in [0.5, 0.6) is 0 Å². The van der Waals surface area contributed by atoms with E-state index in [-0.39, 0.29) is 0 Å². The zero-order valence-electron chi connectivity index (χ0n) is 11.9. The predicted molar refractivity (Wildman–Crippen MR) is 78.8 cm³/mol. The summed E-state index contributed by atoms with van der Waals surface area (Å²) in [6, 6.07) is 21.2. The van der Waals surface area contributed by atoms with Gasteiger partial charge in [0.2, 0.25) is 0 Å². The van der Waals surface area contributed by atoms with Crippen molar-refractivity contribution in [1.29, 1.82) is 0 Å². The Kier molecular flexibility index (Phi) is 6.89. The van der Waals surface area contributed by atoms with Crippen LogP contribution < -0.4 is 0 Å². The Morgan fingerprint density at radius 1 is 0.824 bits per heavy atom. The fourth-order valence-corrected chi connectivity index (χ4v) is 1.68. The van der Waals surface area contributed by atoms with E-state index in [2.05, 4.69) is 75.4 Å². The van der Waals surface area contributed by atoms with Gasteiger partial charge in [-0.15, -0.1) is 0 Å². The van der Waals surface area contributed by atoms with E-state index >= 15 is 0 Å². The molecule has 0 atom stereocenters. The highest BCUT2D eigenvalue weighted by molar-refractivity contribution is 6.05. The van der Waals surface area contributed by atoms with Crippen LogP contribution in [0.25, 0.3) is 0 Å². The molecule has 2 aromatic rings. The van der Waals surface area contributed by atoms with Crippen LogP contribution in [0, 0.1) is 0 Å². The van der Waals surface area contributed by atoms with Gasteiger partial charge in [-0.3, -0.25) is 0 Å². The summed E-state index contributed by atoms with van der Waals surface area (Å²) in [5, 5.41) is 0. The summed E-state index contributed by atoms with van der Waals surface area (Å²) in [5.74, 6) is 0.484. The third-order valence-electron chi connectivity index (χ3n) is 2.60. The Morgan fingerprint density at radius 2 is 1.12 bits per heavy atom. The summed E-state index contributed by atoms with van der Waals surface area (Å²) in [7, 11) is 5.75. The first kappa shape index (κ1) is 13.6. The molecule has 0 saturated heterocycles. The number of benzene rings is 2. The van der Waals surface area contributed by atoms with Gasteiger partial charge in [-0.05, 0) is 11.1 Å². The van der Waals surface area contributed by atoms with Crippen molar-refractivity contribution in [3.05, 3.63) is 71.8 Å². The van der Waals surface area contributed by atoms with E-state index in [0.29, 0.717) is 5.92 Å². The molecule has 2 rings (SSSR count). The zero-order valence-corrected chi connectivity index (χ0v) is 10.9. The highest BCUT2D eigenvalue weighted by Gasteiger charge is 2.05. The first-order chi connectivity index (χ1) is 8.88. The number of hydrogen-bond acceptors (Lipinski definition) is 0. The molecule has 0 saturated carbocycles. The smallest absolute Gasteiger partial charge is 0.0606 e. The second-order valence-corrected chi connectivity index (χ2v) is 3.54. The van der Waals surface area contributed by atoms with Gasteiger partial charge in [-0.1, -0.05) is 81.8 Å². The van der Waals surface area contributed by atoms with Crippen molar-refractivity contribution in [3.8, 4) is 0 Å². The molecule has 2 aromatic carbocycles. The van der Waals surface area contributed by atoms with Crippen molar-refractivity contribution in [3.63, 3.8) is 0 Å². The third kappa shape index (κ3) is 4.48. The minimum Gasteiger partial charge on any atom is -0.0999 e. The van der Waals surface area contributed by atoms with E-state index in [1.807, 2.05) is 0 Å². The van der Waals surface area contributed by atoms with Gasteiger partial charge in [0.1, 0.15) is 0 Å². The molecule has 0 unspecified atom stereocenters. The van der Waals surface area contributed by atoms with Crippen molar-refractivity contribution in [2.75, 3.05) is 0 Å². The van der Waals surface area contributed by atoms with Gasteiger partial charge < -0.3 is 0 Å². The van der Waals surface area contributed by atoms with Crippen LogP contribution >= 0.6 is 0 Å². The maximum absolute atomic E-state index is 5.75. The molecule has 0 aliphatic heterocycles. The fourth-order valence-electron chi connectivity index (χ4n) is 1.68. The Balaban J connectivity index is 0.000000659. The average molecular weight is 225 g/mol. The van der Waals surface area contributed by atoms with Gasteiger partial charge in [0.15, 0.2) is 0 Å². The van der Waals surface area contributed by atoms with E-state index < -0.39 is 0 Å². The normalized spacial score (nSPS) is 9.29. The molecule has 0 amide bonds. The molecule has 0 bridgehead atoms. The number of hydrogen-bond donors (Lipinski definition) is 0. The lowest BCUT2D eigenvalue weighted by Gasteiger charge is -2.11. The first-order valence-electron chi connectivity index (χ1n) is 6.55. The molecule has 0 heterocycles. The third-order valence-corrected chi connectivity index (χ3v) is 2.60. The maximum Gasteiger partial charge on any atom is 0.0606 e. The van der Waals surface area contributed by atoms with E-state index in [1.165, 1.54) is 25.4 Å². The van der Waals surface area contributed by atoms with Gasteiger partial charge in [-0.2, -0.15) is 0 Å². The molecule has 0 nitrogen and oxygen atoms in total. The van der Waals surface area contributed by atoms with Gasteiger partial charge in [0.25, 0.3) is 0 Å². The largest absolute Gasteiger partial charge is 0.0999 e. The van der Waals surface area contributed by atoms with E-state index in [4.69, 9.17) is 1.37 Å². The second-order valence-electron chi connectivity index (χ2n) is 3.54. The molecule has 2 radical (unpaired) electrons. The lowest BCUT2D eigenvalue weighted by Crippen LogP contribution is -1.94. The van der Waals surface area contributed by atoms with Crippen molar-refractivity contribution in [2.24, 2.45) is 0 Å². The van der Waals surface area contributed by atoms with Crippen LogP contribution in [0.4, 0.5) is 0 Å². The maximum atomic E-state index is 5.75. The molecule has 17 heavy (non-hydrogen) atoms. The van der Waals surface area contributed by atoms with Gasteiger partial charge in [-0.25, -0.2) is 0 Å². The molecule has 88 valence electrons. The van der Waals surface area contributed by atoms with Crippen LogP contribution in [0.2, 0.25) is 6.82 Å². The lowest BCUT2D eigenvalue weighted by molar-refractivity contribution is 0.922. The minimum absolute atomic E-state index is 0.484. The number of rotatable bonds is 2. The summed E-state index contributed by atoms with van der Waals surface area (Å²) in [6.07, 6.45) is 0. The first-order valence-corrected chi connectivity index (χ1v) is 5.55. The minimum atomic E-state index is 0.484. The summed E-state index contributed by atoms with van der Waals surface area (Å²) in [6.45, 7) is 3.74. The van der Waals surface area contributed by atoms with Crippen molar-refractivity contribution in [1.82, 2.24) is 0 Å². The lowest BCUT2D eigenvalue weighted by atomic mass is 9.93. The van der Waals surface area contributed by atoms with Gasteiger partial charge in [0.05, 0.1) is 7.85 Å². The monoisotopic (exact) mass is 225 g/mol. The van der Waals surface area contributed by atoms with Crippen LogP contribution in [0.15, 0.2) is 60.7 Å². The van der Waals surface area contributed by atoms with Crippen LogP contribution in [0.1, 0.15) is 32.7 Å². The Hall–Kier alpha value is -1.50. The van der Waals surface area contributed by atoms with Crippen LogP contribution in [-0.2, 0) is 0 Å². The summed E-state index contributed by atoms with van der Waals surface area (Å²) < 4.78 is 5.75. The van der Waals surface area contributed by atoms with Gasteiger partial charge >= 0.3 is 0 Å². The van der Waals surface area contributed by atoms with Crippen molar-refractivity contribution < 1.29 is 1.37 Å². The van der Waals surface area contributed by atoms with E-state index in [0.717, 1.165) is 0 Å². The topological polar surface area (TPSA) is 0 Å². The van der Waals surface area contributed by atoms with Gasteiger partial charge in [0, 0.05) is 7.29 Å². The Bertz CT molecular complexity index is 347. The van der Waals surface area contributed by atoms with Crippen molar-refractivity contribution in [2.45, 2.75) is 27.1 Å². The van der Waals surface area contributed by atoms with Crippen molar-refractivity contribution >= 4 is 7.85 Å². The molecule has 0 spiro atoms.